The minimum atomic E-state index is -0.176. The molecule has 26 heavy (non-hydrogen) atoms. The van der Waals surface area contributed by atoms with Crippen molar-refractivity contribution in [2.45, 2.75) is 65.2 Å². The van der Waals surface area contributed by atoms with Crippen molar-refractivity contribution in [3.63, 3.8) is 0 Å². The van der Waals surface area contributed by atoms with Crippen LogP contribution < -0.4 is 0 Å². The van der Waals surface area contributed by atoms with Crippen LogP contribution in [0.25, 0.3) is 0 Å². The predicted molar refractivity (Wildman–Crippen MR) is 102 cm³/mol. The Morgan fingerprint density at radius 1 is 1.31 bits per heavy atom. The lowest BCUT2D eigenvalue weighted by atomic mass is 9.50. The van der Waals surface area contributed by atoms with E-state index in [0.29, 0.717) is 29.6 Å². The first kappa shape index (κ1) is 17.9. The van der Waals surface area contributed by atoms with Gasteiger partial charge in [0.1, 0.15) is 5.75 Å². The van der Waals surface area contributed by atoms with E-state index in [9.17, 15) is 9.90 Å². The largest absolute Gasteiger partial charge is 0.508 e. The highest BCUT2D eigenvalue weighted by molar-refractivity contribution is 5.65. The highest BCUT2D eigenvalue weighted by atomic mass is 16.5. The number of aryl methyl sites for hydroxylation is 1. The van der Waals surface area contributed by atoms with Gasteiger partial charge in [0.15, 0.2) is 0 Å². The summed E-state index contributed by atoms with van der Waals surface area (Å²) in [5, 5.41) is 9.92. The molecule has 0 radical (unpaired) electrons. The highest BCUT2D eigenvalue weighted by Crippen LogP contribution is 2.65. The fourth-order valence-corrected chi connectivity index (χ4v) is 6.76. The molecule has 0 spiro atoms. The van der Waals surface area contributed by atoms with E-state index in [-0.39, 0.29) is 5.97 Å². The maximum atomic E-state index is 11.3. The zero-order chi connectivity index (χ0) is 18.5. The van der Waals surface area contributed by atoms with Crippen molar-refractivity contribution in [1.29, 1.82) is 0 Å². The summed E-state index contributed by atoms with van der Waals surface area (Å²) in [5.41, 5.74) is 3.21. The number of rotatable bonds is 3. The molecule has 5 unspecified atom stereocenters. The number of aromatic hydroxyl groups is 1. The first-order valence-electron chi connectivity index (χ1n) is 10.4. The summed E-state index contributed by atoms with van der Waals surface area (Å²) >= 11 is 0. The van der Waals surface area contributed by atoms with Crippen molar-refractivity contribution in [2.24, 2.45) is 29.1 Å². The molecule has 0 aliphatic heterocycles. The molecule has 1 aromatic rings. The van der Waals surface area contributed by atoms with Crippen molar-refractivity contribution >= 4 is 5.97 Å². The predicted octanol–water partition coefficient (Wildman–Crippen LogP) is 5.06. The summed E-state index contributed by atoms with van der Waals surface area (Å²) in [4.78, 5) is 11.3. The molecule has 4 rings (SSSR count). The summed E-state index contributed by atoms with van der Waals surface area (Å²) in [5.74, 6) is 3.65. The maximum Gasteiger partial charge on any atom is 0.302 e. The van der Waals surface area contributed by atoms with Crippen molar-refractivity contribution in [3.05, 3.63) is 29.3 Å². The summed E-state index contributed by atoms with van der Waals surface area (Å²) < 4.78 is 5.32. The molecule has 3 nitrogen and oxygen atoms in total. The first-order valence-corrected chi connectivity index (χ1v) is 10.4. The van der Waals surface area contributed by atoms with Crippen LogP contribution in [0.15, 0.2) is 18.2 Å². The lowest BCUT2D eigenvalue weighted by Gasteiger charge is -2.54. The molecular weight excluding hydrogens is 324 g/mol. The summed E-state index contributed by atoms with van der Waals surface area (Å²) in [6.45, 7) is 7.00. The summed E-state index contributed by atoms with van der Waals surface area (Å²) in [6.07, 6.45) is 7.23. The third-order valence-electron chi connectivity index (χ3n) is 8.10. The van der Waals surface area contributed by atoms with Gasteiger partial charge in [-0.2, -0.15) is 0 Å². The third kappa shape index (κ3) is 2.84. The van der Waals surface area contributed by atoms with Crippen LogP contribution in [0.5, 0.6) is 5.75 Å². The number of hydrogen-bond donors (Lipinski definition) is 1. The number of phenolic OH excluding ortho intramolecular Hbond substituents is 1. The Balaban J connectivity index is 1.68. The van der Waals surface area contributed by atoms with E-state index in [1.807, 2.05) is 12.1 Å². The van der Waals surface area contributed by atoms with Crippen molar-refractivity contribution in [1.82, 2.24) is 0 Å². The van der Waals surface area contributed by atoms with Gasteiger partial charge in [-0.25, -0.2) is 0 Å². The Hall–Kier alpha value is -1.51. The van der Waals surface area contributed by atoms with Crippen molar-refractivity contribution < 1.29 is 14.6 Å². The quantitative estimate of drug-likeness (QED) is 0.770. The zero-order valence-corrected chi connectivity index (χ0v) is 16.3. The normalized spacial score (nSPS) is 38.2. The monoisotopic (exact) mass is 356 g/mol. The van der Waals surface area contributed by atoms with Gasteiger partial charge < -0.3 is 9.84 Å². The maximum absolute atomic E-state index is 11.3. The average molecular weight is 357 g/mol. The fraction of sp³-hybridized carbons (Fsp3) is 0.696. The lowest BCUT2D eigenvalue weighted by molar-refractivity contribution is -0.141. The number of carbonyl (C=O) groups excluding carboxylic acids is 1. The minimum absolute atomic E-state index is 0.176. The molecule has 0 bridgehead atoms. The second-order valence-electron chi connectivity index (χ2n) is 9.30. The van der Waals surface area contributed by atoms with Gasteiger partial charge in [-0.1, -0.05) is 19.9 Å². The second kappa shape index (κ2) is 6.58. The molecule has 0 saturated heterocycles. The van der Waals surface area contributed by atoms with Crippen LogP contribution in [0, 0.1) is 29.1 Å². The molecule has 1 aromatic carbocycles. The standard InChI is InChI=1S/C23H32O3/c1-14-4-9-21-20-7-5-16-12-18(25)6-8-19(16)22(20)17(13-23(14,21)3)10-11-26-15(2)24/h6,8,12,14,17,20-22,25H,4-5,7,9-11,13H2,1-3H3/t14?,17-,20?,21?,22?,23?/m0/s1. The Kier molecular flexibility index (Phi) is 4.53. The van der Waals surface area contributed by atoms with Gasteiger partial charge in [-0.15, -0.1) is 0 Å². The van der Waals surface area contributed by atoms with Crippen molar-refractivity contribution in [3.8, 4) is 5.75 Å². The highest BCUT2D eigenvalue weighted by Gasteiger charge is 2.56. The number of benzene rings is 1. The minimum Gasteiger partial charge on any atom is -0.508 e. The molecule has 3 heteroatoms. The Morgan fingerprint density at radius 3 is 2.88 bits per heavy atom. The molecule has 142 valence electrons. The summed E-state index contributed by atoms with van der Waals surface area (Å²) in [6, 6.07) is 6.00. The van der Waals surface area contributed by atoms with Gasteiger partial charge in [0.05, 0.1) is 6.61 Å². The number of fused-ring (bicyclic) bond motifs is 5. The molecule has 3 aliphatic rings. The van der Waals surface area contributed by atoms with Crippen LogP contribution in [-0.4, -0.2) is 17.7 Å². The fourth-order valence-electron chi connectivity index (χ4n) is 6.76. The number of hydrogen-bond acceptors (Lipinski definition) is 3. The molecular formula is C23H32O3. The Morgan fingerprint density at radius 2 is 2.12 bits per heavy atom. The molecule has 2 saturated carbocycles. The van der Waals surface area contributed by atoms with E-state index in [0.717, 1.165) is 30.6 Å². The van der Waals surface area contributed by atoms with Gasteiger partial charge >= 0.3 is 5.97 Å². The van der Waals surface area contributed by atoms with Crippen LogP contribution in [0.1, 0.15) is 69.9 Å². The smallest absolute Gasteiger partial charge is 0.302 e. The molecule has 0 aromatic heterocycles. The number of carbonyl (C=O) groups is 1. The van der Waals surface area contributed by atoms with E-state index < -0.39 is 0 Å². The topological polar surface area (TPSA) is 46.5 Å². The van der Waals surface area contributed by atoms with Crippen LogP contribution in [0.4, 0.5) is 0 Å². The van der Waals surface area contributed by atoms with Crippen LogP contribution in [0.2, 0.25) is 0 Å². The van der Waals surface area contributed by atoms with E-state index in [1.165, 1.54) is 43.7 Å². The van der Waals surface area contributed by atoms with Gasteiger partial charge in [-0.05, 0) is 96.8 Å². The molecule has 6 atom stereocenters. The van der Waals surface area contributed by atoms with E-state index >= 15 is 0 Å². The molecule has 3 aliphatic carbocycles. The second-order valence-corrected chi connectivity index (χ2v) is 9.30. The first-order chi connectivity index (χ1) is 12.4. The Bertz CT molecular complexity index is 697. The molecule has 0 heterocycles. The van der Waals surface area contributed by atoms with Gasteiger partial charge in [0.2, 0.25) is 0 Å². The average Bonchev–Trinajstić information content (AvgIpc) is 2.89. The SMILES string of the molecule is CC(=O)OCC[C@H]1CC2(C)C(C)CCC2C2CCc3cc(O)ccc3C21. The van der Waals surface area contributed by atoms with Crippen LogP contribution in [-0.2, 0) is 16.0 Å². The van der Waals surface area contributed by atoms with Crippen LogP contribution >= 0.6 is 0 Å². The zero-order valence-electron chi connectivity index (χ0n) is 16.3. The third-order valence-corrected chi connectivity index (χ3v) is 8.10. The lowest BCUT2D eigenvalue weighted by Crippen LogP contribution is -2.46. The van der Waals surface area contributed by atoms with Gasteiger partial charge in [0.25, 0.3) is 0 Å². The molecule has 0 amide bonds. The number of ether oxygens (including phenoxy) is 1. The molecule has 2 fully saturated rings. The van der Waals surface area contributed by atoms with E-state index in [2.05, 4.69) is 19.9 Å². The van der Waals surface area contributed by atoms with Gasteiger partial charge in [-0.3, -0.25) is 4.79 Å². The van der Waals surface area contributed by atoms with Crippen molar-refractivity contribution in [2.75, 3.05) is 6.61 Å². The molecule has 1 N–H and O–H groups in total. The summed E-state index contributed by atoms with van der Waals surface area (Å²) in [7, 11) is 0. The Labute approximate surface area is 157 Å². The van der Waals surface area contributed by atoms with E-state index in [4.69, 9.17) is 4.74 Å². The van der Waals surface area contributed by atoms with Gasteiger partial charge in [0, 0.05) is 6.92 Å². The van der Waals surface area contributed by atoms with Crippen LogP contribution in [0.3, 0.4) is 0 Å². The van der Waals surface area contributed by atoms with E-state index in [1.54, 1.807) is 0 Å². The number of phenols is 1. The number of esters is 1.